The standard InChI is InChI=1S/C27H28F3N5O2/c1-18(36)33-25-10-7-20(17-32-25)6-5-19-3-2-4-21(15-19)26(37)34-22-8-9-24(23(16-22)27(28,29)30)35-13-11-31-12-14-35/h2-4,7-10,15-17,31H,5-6,11-14H2,1H3,(H,34,37)(H,32,33,36). The highest BCUT2D eigenvalue weighted by Gasteiger charge is 2.35. The maximum Gasteiger partial charge on any atom is 0.418 e. The fraction of sp³-hybridized carbons (Fsp3) is 0.296. The summed E-state index contributed by atoms with van der Waals surface area (Å²) in [6, 6.07) is 14.5. The quantitative estimate of drug-likeness (QED) is 0.435. The highest BCUT2D eigenvalue weighted by Crippen LogP contribution is 2.38. The molecule has 2 heterocycles. The lowest BCUT2D eigenvalue weighted by molar-refractivity contribution is -0.137. The number of aryl methyl sites for hydroxylation is 2. The van der Waals surface area contributed by atoms with Gasteiger partial charge in [-0.1, -0.05) is 18.2 Å². The lowest BCUT2D eigenvalue weighted by Crippen LogP contribution is -2.44. The largest absolute Gasteiger partial charge is 0.418 e. The van der Waals surface area contributed by atoms with Crippen LogP contribution in [0.4, 0.5) is 30.4 Å². The van der Waals surface area contributed by atoms with Crippen molar-refractivity contribution in [3.63, 3.8) is 0 Å². The number of piperazine rings is 1. The summed E-state index contributed by atoms with van der Waals surface area (Å²) in [6.07, 6.45) is -1.55. The van der Waals surface area contributed by atoms with Crippen molar-refractivity contribution in [3.05, 3.63) is 83.0 Å². The second-order valence-corrected chi connectivity index (χ2v) is 8.85. The topological polar surface area (TPSA) is 86.4 Å². The van der Waals surface area contributed by atoms with Gasteiger partial charge in [-0.05, 0) is 60.4 Å². The lowest BCUT2D eigenvalue weighted by Gasteiger charge is -2.31. The van der Waals surface area contributed by atoms with Gasteiger partial charge >= 0.3 is 6.18 Å². The number of hydrogen-bond acceptors (Lipinski definition) is 5. The van der Waals surface area contributed by atoms with Gasteiger partial charge in [-0.3, -0.25) is 9.59 Å². The SMILES string of the molecule is CC(=O)Nc1ccc(CCc2cccc(C(=O)Nc3ccc(N4CCNCC4)c(C(F)(F)F)c3)c2)cn1. The molecule has 0 radical (unpaired) electrons. The smallest absolute Gasteiger partial charge is 0.368 e. The Kier molecular flexibility index (Phi) is 8.08. The number of rotatable bonds is 7. The third kappa shape index (κ3) is 7.07. The molecule has 1 aliphatic heterocycles. The number of alkyl halides is 3. The van der Waals surface area contributed by atoms with E-state index in [9.17, 15) is 22.8 Å². The van der Waals surface area contributed by atoms with Crippen LogP contribution in [0.5, 0.6) is 0 Å². The van der Waals surface area contributed by atoms with Crippen molar-refractivity contribution in [2.24, 2.45) is 0 Å². The summed E-state index contributed by atoms with van der Waals surface area (Å²) in [4.78, 5) is 29.9. The first-order valence-electron chi connectivity index (χ1n) is 12.0. The van der Waals surface area contributed by atoms with E-state index in [1.54, 1.807) is 35.4 Å². The molecule has 3 aromatic rings. The molecule has 2 aromatic carbocycles. The van der Waals surface area contributed by atoms with E-state index in [0.29, 0.717) is 50.4 Å². The molecule has 1 aromatic heterocycles. The third-order valence-electron chi connectivity index (χ3n) is 6.04. The van der Waals surface area contributed by atoms with E-state index in [2.05, 4.69) is 20.9 Å². The minimum atomic E-state index is -4.55. The van der Waals surface area contributed by atoms with Crippen LogP contribution in [0.1, 0.15) is 34.0 Å². The molecule has 10 heteroatoms. The molecule has 7 nitrogen and oxygen atoms in total. The van der Waals surface area contributed by atoms with Gasteiger partial charge in [0.2, 0.25) is 5.91 Å². The van der Waals surface area contributed by atoms with Gasteiger partial charge in [-0.2, -0.15) is 13.2 Å². The average molecular weight is 512 g/mol. The number of carbonyl (C=O) groups excluding carboxylic acids is 2. The molecule has 1 fully saturated rings. The summed E-state index contributed by atoms with van der Waals surface area (Å²) in [5.74, 6) is -0.198. The number of benzene rings is 2. The fourth-order valence-electron chi connectivity index (χ4n) is 4.21. The molecule has 0 unspecified atom stereocenters. The molecule has 37 heavy (non-hydrogen) atoms. The van der Waals surface area contributed by atoms with Gasteiger partial charge in [0.1, 0.15) is 5.82 Å². The van der Waals surface area contributed by atoms with Crippen LogP contribution in [0, 0.1) is 0 Å². The summed E-state index contributed by atoms with van der Waals surface area (Å²) in [6.45, 7) is 3.61. The van der Waals surface area contributed by atoms with Gasteiger partial charge in [0.15, 0.2) is 0 Å². The molecular weight excluding hydrogens is 483 g/mol. The van der Waals surface area contributed by atoms with Crippen molar-refractivity contribution in [1.82, 2.24) is 10.3 Å². The van der Waals surface area contributed by atoms with Gasteiger partial charge in [-0.15, -0.1) is 0 Å². The number of aromatic nitrogens is 1. The molecule has 1 saturated heterocycles. The first-order valence-corrected chi connectivity index (χ1v) is 12.0. The highest BCUT2D eigenvalue weighted by atomic mass is 19.4. The summed E-state index contributed by atoms with van der Waals surface area (Å²) in [5, 5.41) is 8.36. The van der Waals surface area contributed by atoms with Crippen molar-refractivity contribution in [2.45, 2.75) is 25.9 Å². The van der Waals surface area contributed by atoms with E-state index in [1.807, 2.05) is 12.1 Å². The van der Waals surface area contributed by atoms with Crippen molar-refractivity contribution in [3.8, 4) is 0 Å². The van der Waals surface area contributed by atoms with Crippen molar-refractivity contribution in [1.29, 1.82) is 0 Å². The molecule has 194 valence electrons. The zero-order valence-electron chi connectivity index (χ0n) is 20.4. The Labute approximate surface area is 213 Å². The number of halogens is 3. The maximum absolute atomic E-state index is 13.8. The molecule has 1 aliphatic rings. The van der Waals surface area contributed by atoms with Crippen LogP contribution in [0.2, 0.25) is 0 Å². The molecule has 0 bridgehead atoms. The van der Waals surface area contributed by atoms with Gasteiger partial charge in [0.25, 0.3) is 5.91 Å². The van der Waals surface area contributed by atoms with E-state index in [0.717, 1.165) is 17.2 Å². The number of anilines is 3. The normalized spacial score (nSPS) is 13.8. The summed E-state index contributed by atoms with van der Waals surface area (Å²) < 4.78 is 41.5. The maximum atomic E-state index is 13.8. The minimum absolute atomic E-state index is 0.0898. The number of hydrogen-bond donors (Lipinski definition) is 3. The number of nitrogens with zero attached hydrogens (tertiary/aromatic N) is 2. The van der Waals surface area contributed by atoms with Gasteiger partial charge in [-0.25, -0.2) is 4.98 Å². The zero-order chi connectivity index (χ0) is 26.4. The second kappa shape index (κ2) is 11.4. The summed E-state index contributed by atoms with van der Waals surface area (Å²) in [5.41, 5.74) is 1.67. The van der Waals surface area contributed by atoms with E-state index >= 15 is 0 Å². The number of pyridine rings is 1. The third-order valence-corrected chi connectivity index (χ3v) is 6.04. The highest BCUT2D eigenvalue weighted by molar-refractivity contribution is 6.04. The van der Waals surface area contributed by atoms with Crippen LogP contribution in [0.25, 0.3) is 0 Å². The second-order valence-electron chi connectivity index (χ2n) is 8.85. The Balaban J connectivity index is 1.43. The number of carbonyl (C=O) groups is 2. The molecule has 2 amide bonds. The summed E-state index contributed by atoms with van der Waals surface area (Å²) in [7, 11) is 0. The molecule has 0 atom stereocenters. The fourth-order valence-corrected chi connectivity index (χ4v) is 4.21. The van der Waals surface area contributed by atoms with E-state index in [-0.39, 0.29) is 17.3 Å². The van der Waals surface area contributed by atoms with Crippen LogP contribution in [0.15, 0.2) is 60.8 Å². The van der Waals surface area contributed by atoms with E-state index in [1.165, 1.54) is 19.1 Å². The Bertz CT molecular complexity index is 1260. The Morgan fingerprint density at radius 1 is 0.973 bits per heavy atom. The Morgan fingerprint density at radius 2 is 1.73 bits per heavy atom. The van der Waals surface area contributed by atoms with Crippen LogP contribution in [-0.4, -0.2) is 43.0 Å². The van der Waals surface area contributed by atoms with Crippen molar-refractivity contribution >= 4 is 29.0 Å². The predicted molar refractivity (Wildman–Crippen MR) is 137 cm³/mol. The van der Waals surface area contributed by atoms with E-state index < -0.39 is 17.6 Å². The van der Waals surface area contributed by atoms with E-state index in [4.69, 9.17) is 0 Å². The first kappa shape index (κ1) is 26.2. The molecule has 4 rings (SSSR count). The number of nitrogens with one attached hydrogen (secondary N) is 3. The van der Waals surface area contributed by atoms with Crippen LogP contribution < -0.4 is 20.9 Å². The average Bonchev–Trinajstić information content (AvgIpc) is 2.88. The number of amides is 2. The summed E-state index contributed by atoms with van der Waals surface area (Å²) >= 11 is 0. The molecule has 0 spiro atoms. The van der Waals surface area contributed by atoms with Gasteiger partial charge in [0, 0.05) is 56.2 Å². The van der Waals surface area contributed by atoms with Crippen molar-refractivity contribution < 1.29 is 22.8 Å². The first-order chi connectivity index (χ1) is 17.7. The molecule has 0 saturated carbocycles. The van der Waals surface area contributed by atoms with Gasteiger partial charge in [0.05, 0.1) is 5.56 Å². The van der Waals surface area contributed by atoms with Crippen molar-refractivity contribution in [2.75, 3.05) is 41.7 Å². The lowest BCUT2D eigenvalue weighted by atomic mass is 10.0. The monoisotopic (exact) mass is 511 g/mol. The predicted octanol–water partition coefficient (Wildman–Crippen LogP) is 4.51. The Hall–Kier alpha value is -3.92. The Morgan fingerprint density at radius 3 is 2.41 bits per heavy atom. The van der Waals surface area contributed by atoms with Crippen LogP contribution in [-0.2, 0) is 23.8 Å². The molecular formula is C27H28F3N5O2. The van der Waals surface area contributed by atoms with Crippen LogP contribution >= 0.6 is 0 Å². The van der Waals surface area contributed by atoms with Crippen LogP contribution in [0.3, 0.4) is 0 Å². The zero-order valence-corrected chi connectivity index (χ0v) is 20.4. The molecule has 0 aliphatic carbocycles. The van der Waals surface area contributed by atoms with Gasteiger partial charge < -0.3 is 20.9 Å². The molecule has 3 N–H and O–H groups in total. The minimum Gasteiger partial charge on any atom is -0.368 e.